The van der Waals surface area contributed by atoms with E-state index >= 15 is 0 Å². The second-order valence-corrected chi connectivity index (χ2v) is 9.86. The largest absolute Gasteiger partial charge is 0.480 e. The van der Waals surface area contributed by atoms with Crippen molar-refractivity contribution < 1.29 is 33.8 Å². The molecule has 2 amide bonds. The van der Waals surface area contributed by atoms with Crippen LogP contribution in [0, 0.1) is 0 Å². The number of rotatable bonds is 9. The molecular formula is C23H33N5O7. The number of alkyl carbamates (subject to hydrolysis) is 1. The van der Waals surface area contributed by atoms with Gasteiger partial charge in [-0.15, -0.1) is 5.10 Å². The van der Waals surface area contributed by atoms with Crippen LogP contribution >= 0.6 is 0 Å². The van der Waals surface area contributed by atoms with E-state index < -0.39 is 35.4 Å². The zero-order valence-corrected chi connectivity index (χ0v) is 20.8. The molecule has 1 aromatic heterocycles. The number of carboxylic acid groups (broad SMARTS) is 1. The lowest BCUT2D eigenvalue weighted by Gasteiger charge is -2.22. The highest BCUT2D eigenvalue weighted by atomic mass is 16.7. The fourth-order valence-electron chi connectivity index (χ4n) is 2.80. The number of nitrogens with one attached hydrogen (secondary N) is 2. The Balaban J connectivity index is 1.86. The number of ether oxygens (including phenoxy) is 2. The van der Waals surface area contributed by atoms with Gasteiger partial charge in [-0.1, -0.05) is 29.5 Å². The maximum absolute atomic E-state index is 11.9. The molecule has 0 fully saturated rings. The highest BCUT2D eigenvalue weighted by molar-refractivity contribution is 5.80. The van der Waals surface area contributed by atoms with E-state index in [2.05, 4.69) is 21.1 Å². The molecule has 1 aromatic carbocycles. The van der Waals surface area contributed by atoms with Gasteiger partial charge in [0.2, 0.25) is 0 Å². The van der Waals surface area contributed by atoms with Crippen LogP contribution in [0.15, 0.2) is 30.5 Å². The van der Waals surface area contributed by atoms with Crippen LogP contribution < -0.4 is 10.8 Å². The summed E-state index contributed by atoms with van der Waals surface area (Å²) < 4.78 is 11.8. The van der Waals surface area contributed by atoms with E-state index in [0.717, 1.165) is 11.1 Å². The van der Waals surface area contributed by atoms with Crippen molar-refractivity contribution in [2.24, 2.45) is 0 Å². The van der Waals surface area contributed by atoms with Gasteiger partial charge in [0, 0.05) is 6.42 Å². The highest BCUT2D eigenvalue weighted by Gasteiger charge is 2.24. The Hall–Kier alpha value is -3.67. The van der Waals surface area contributed by atoms with E-state index in [0.29, 0.717) is 12.2 Å². The molecule has 35 heavy (non-hydrogen) atoms. The summed E-state index contributed by atoms with van der Waals surface area (Å²) in [5, 5.41) is 19.8. The standard InChI is InChI=1S/C23H33N5O7/c1-22(2,3)34-20(31)24-18(19(29)30)11-15-7-9-16(10-8-15)12-28-13-17(25-27-28)14-33-26-21(32)35-23(4,5)6/h7-10,13,18H,11-12,14H2,1-6H3,(H,24,31)(H,26,32)(H,29,30)/t18-/m0/s1. The number of hydroxylamine groups is 1. The summed E-state index contributed by atoms with van der Waals surface area (Å²) in [5.74, 6) is -1.15. The molecule has 0 aliphatic rings. The van der Waals surface area contributed by atoms with Crippen molar-refractivity contribution in [2.45, 2.75) is 78.4 Å². The monoisotopic (exact) mass is 491 g/mol. The minimum absolute atomic E-state index is 0.0133. The number of amides is 2. The second kappa shape index (κ2) is 11.6. The Bertz CT molecular complexity index is 1010. The van der Waals surface area contributed by atoms with Crippen molar-refractivity contribution in [3.05, 3.63) is 47.3 Å². The molecule has 0 saturated carbocycles. The molecule has 1 heterocycles. The molecule has 12 heteroatoms. The molecule has 1 atom stereocenters. The van der Waals surface area contributed by atoms with Crippen molar-refractivity contribution in [3.63, 3.8) is 0 Å². The minimum atomic E-state index is -1.15. The number of nitrogens with zero attached hydrogens (tertiary/aromatic N) is 3. The lowest BCUT2D eigenvalue weighted by molar-refractivity contribution is -0.139. The van der Waals surface area contributed by atoms with Crippen LogP contribution in [0.5, 0.6) is 0 Å². The molecule has 0 unspecified atom stereocenters. The van der Waals surface area contributed by atoms with Gasteiger partial charge in [0.05, 0.1) is 12.7 Å². The summed E-state index contributed by atoms with van der Waals surface area (Å²) in [6, 6.07) is 6.12. The maximum Gasteiger partial charge on any atom is 0.431 e. The number of aliphatic carboxylic acids is 1. The Kier molecular flexibility index (Phi) is 9.18. The fourth-order valence-corrected chi connectivity index (χ4v) is 2.80. The first kappa shape index (κ1) is 27.6. The van der Waals surface area contributed by atoms with Crippen LogP contribution in [-0.2, 0) is 38.7 Å². The van der Waals surface area contributed by atoms with Gasteiger partial charge in [0.15, 0.2) is 0 Å². The van der Waals surface area contributed by atoms with E-state index in [9.17, 15) is 19.5 Å². The van der Waals surface area contributed by atoms with Crippen molar-refractivity contribution in [2.75, 3.05) is 0 Å². The fraction of sp³-hybridized carbons (Fsp3) is 0.522. The Morgan fingerprint density at radius 3 is 2.11 bits per heavy atom. The van der Waals surface area contributed by atoms with Gasteiger partial charge < -0.3 is 19.9 Å². The van der Waals surface area contributed by atoms with Crippen LogP contribution in [0.25, 0.3) is 0 Å². The predicted octanol–water partition coefficient (Wildman–Crippen LogP) is 2.80. The second-order valence-electron chi connectivity index (χ2n) is 9.86. The van der Waals surface area contributed by atoms with Gasteiger partial charge >= 0.3 is 18.2 Å². The molecule has 0 radical (unpaired) electrons. The molecule has 0 aliphatic carbocycles. The molecule has 0 saturated heterocycles. The summed E-state index contributed by atoms with van der Waals surface area (Å²) in [6.07, 6.45) is 0.297. The summed E-state index contributed by atoms with van der Waals surface area (Å²) in [5.41, 5.74) is 2.98. The van der Waals surface area contributed by atoms with E-state index in [1.54, 1.807) is 64.6 Å². The first-order valence-corrected chi connectivity index (χ1v) is 11.0. The smallest absolute Gasteiger partial charge is 0.431 e. The summed E-state index contributed by atoms with van der Waals surface area (Å²) in [6.45, 7) is 10.8. The molecule has 12 nitrogen and oxygen atoms in total. The normalized spacial score (nSPS) is 12.5. The number of carbonyl (C=O) groups excluding carboxylic acids is 2. The molecular weight excluding hydrogens is 458 g/mol. The van der Waals surface area contributed by atoms with Gasteiger partial charge in [0.25, 0.3) is 0 Å². The maximum atomic E-state index is 11.9. The van der Waals surface area contributed by atoms with E-state index in [1.165, 1.54) is 0 Å². The summed E-state index contributed by atoms with van der Waals surface area (Å²) >= 11 is 0. The number of benzene rings is 1. The lowest BCUT2D eigenvalue weighted by Crippen LogP contribution is -2.44. The molecule has 0 bridgehead atoms. The topological polar surface area (TPSA) is 154 Å². The van der Waals surface area contributed by atoms with Crippen molar-refractivity contribution >= 4 is 18.2 Å². The SMILES string of the molecule is CC(C)(C)OC(=O)NOCc1cn(Cc2ccc(C[C@H](NC(=O)OC(C)(C)C)C(=O)O)cc2)nn1. The molecule has 0 spiro atoms. The third-order valence-electron chi connectivity index (χ3n) is 4.16. The Labute approximate surface area is 203 Å². The summed E-state index contributed by atoms with van der Waals surface area (Å²) in [7, 11) is 0. The zero-order chi connectivity index (χ0) is 26.2. The molecule has 3 N–H and O–H groups in total. The van der Waals surface area contributed by atoms with Crippen molar-refractivity contribution in [3.8, 4) is 0 Å². The highest BCUT2D eigenvalue weighted by Crippen LogP contribution is 2.11. The number of hydrogen-bond donors (Lipinski definition) is 3. The molecule has 0 aliphatic heterocycles. The number of carbonyl (C=O) groups is 3. The van der Waals surface area contributed by atoms with Crippen LogP contribution in [0.3, 0.4) is 0 Å². The van der Waals surface area contributed by atoms with Crippen LogP contribution in [-0.4, -0.2) is 55.5 Å². The van der Waals surface area contributed by atoms with Gasteiger partial charge in [0.1, 0.15) is 29.5 Å². The number of aromatic nitrogens is 3. The molecule has 2 aromatic rings. The summed E-state index contributed by atoms with van der Waals surface area (Å²) in [4.78, 5) is 40.2. The van der Waals surface area contributed by atoms with Crippen molar-refractivity contribution in [1.82, 2.24) is 25.8 Å². The average Bonchev–Trinajstić information content (AvgIpc) is 3.13. The van der Waals surface area contributed by atoms with Crippen molar-refractivity contribution in [1.29, 1.82) is 0 Å². The van der Waals surface area contributed by atoms with Gasteiger partial charge in [-0.05, 0) is 52.7 Å². The first-order chi connectivity index (χ1) is 16.2. The zero-order valence-electron chi connectivity index (χ0n) is 20.8. The minimum Gasteiger partial charge on any atom is -0.480 e. The van der Waals surface area contributed by atoms with Gasteiger partial charge in [-0.25, -0.2) is 19.1 Å². The van der Waals surface area contributed by atoms with Gasteiger partial charge in [-0.2, -0.15) is 5.48 Å². The van der Waals surface area contributed by atoms with E-state index in [1.807, 2.05) is 12.1 Å². The van der Waals surface area contributed by atoms with E-state index in [-0.39, 0.29) is 13.0 Å². The third-order valence-corrected chi connectivity index (χ3v) is 4.16. The Morgan fingerprint density at radius 1 is 0.971 bits per heavy atom. The Morgan fingerprint density at radius 2 is 1.54 bits per heavy atom. The van der Waals surface area contributed by atoms with Crippen LogP contribution in [0.2, 0.25) is 0 Å². The average molecular weight is 492 g/mol. The van der Waals surface area contributed by atoms with Crippen LogP contribution in [0.4, 0.5) is 9.59 Å². The molecule has 2 rings (SSSR count). The number of carboxylic acids is 1. The third kappa shape index (κ3) is 10.9. The van der Waals surface area contributed by atoms with Gasteiger partial charge in [-0.3, -0.25) is 4.84 Å². The number of hydrogen-bond acceptors (Lipinski definition) is 8. The predicted molar refractivity (Wildman–Crippen MR) is 124 cm³/mol. The van der Waals surface area contributed by atoms with Crippen LogP contribution in [0.1, 0.15) is 58.4 Å². The quantitative estimate of drug-likeness (QED) is 0.449. The van der Waals surface area contributed by atoms with E-state index in [4.69, 9.17) is 14.3 Å². The first-order valence-electron chi connectivity index (χ1n) is 11.0. The lowest BCUT2D eigenvalue weighted by atomic mass is 10.0. The molecule has 192 valence electrons.